The molecular weight excluding hydrogens is 244 g/mol. The van der Waals surface area contributed by atoms with Crippen molar-refractivity contribution in [1.29, 1.82) is 0 Å². The molecule has 0 fully saturated rings. The summed E-state index contributed by atoms with van der Waals surface area (Å²) in [5.74, 6) is -0.177. The van der Waals surface area contributed by atoms with Crippen molar-refractivity contribution in [2.24, 2.45) is 0 Å². The highest BCUT2D eigenvalue weighted by Crippen LogP contribution is 1.98. The van der Waals surface area contributed by atoms with E-state index in [2.05, 4.69) is 10.6 Å². The Bertz CT molecular complexity index is 393. The highest BCUT2D eigenvalue weighted by Gasteiger charge is 2.04. The number of hydrogen-bond donors (Lipinski definition) is 3. The molecule has 0 saturated carbocycles. The van der Waals surface area contributed by atoms with Crippen LogP contribution in [0.25, 0.3) is 0 Å². The molecule has 0 saturated heterocycles. The summed E-state index contributed by atoms with van der Waals surface area (Å²) < 4.78 is 0. The lowest BCUT2D eigenvalue weighted by Gasteiger charge is -2.06. The summed E-state index contributed by atoms with van der Waals surface area (Å²) in [6.07, 6.45) is 1.54. The molecule has 1 aromatic carbocycles. The number of amides is 2. The zero-order valence-corrected chi connectivity index (χ0v) is 10.9. The molecule has 0 unspecified atom stereocenters. The van der Waals surface area contributed by atoms with Gasteiger partial charge in [0.1, 0.15) is 0 Å². The van der Waals surface area contributed by atoms with E-state index in [1.807, 2.05) is 18.2 Å². The van der Waals surface area contributed by atoms with Gasteiger partial charge < -0.3 is 15.7 Å². The van der Waals surface area contributed by atoms with Crippen LogP contribution in [0.3, 0.4) is 0 Å². The largest absolute Gasteiger partial charge is 0.396 e. The molecule has 0 aliphatic rings. The van der Waals surface area contributed by atoms with Gasteiger partial charge in [-0.3, -0.25) is 9.59 Å². The van der Waals surface area contributed by atoms with E-state index in [1.165, 1.54) is 0 Å². The second-order valence-corrected chi connectivity index (χ2v) is 4.15. The van der Waals surface area contributed by atoms with Crippen LogP contribution in [0.1, 0.15) is 29.6 Å². The first-order valence-electron chi connectivity index (χ1n) is 6.45. The minimum absolute atomic E-state index is 0.0533. The Morgan fingerprint density at radius 3 is 2.37 bits per heavy atom. The van der Waals surface area contributed by atoms with Crippen LogP contribution in [-0.2, 0) is 4.79 Å². The van der Waals surface area contributed by atoms with E-state index in [0.717, 1.165) is 0 Å². The molecule has 1 rings (SSSR count). The van der Waals surface area contributed by atoms with Crippen LogP contribution in [0.2, 0.25) is 0 Å². The Morgan fingerprint density at radius 1 is 1.00 bits per heavy atom. The molecule has 1 aromatic rings. The molecule has 0 aliphatic carbocycles. The Morgan fingerprint density at radius 2 is 1.68 bits per heavy atom. The molecule has 0 spiro atoms. The summed E-state index contributed by atoms with van der Waals surface area (Å²) in [6.45, 7) is 1.04. The van der Waals surface area contributed by atoms with Crippen molar-refractivity contribution < 1.29 is 14.7 Å². The van der Waals surface area contributed by atoms with Gasteiger partial charge in [0.25, 0.3) is 5.91 Å². The van der Waals surface area contributed by atoms with Gasteiger partial charge in [-0.05, 0) is 25.0 Å². The number of benzene rings is 1. The molecule has 0 aliphatic heterocycles. The lowest BCUT2D eigenvalue weighted by Crippen LogP contribution is -2.28. The minimum Gasteiger partial charge on any atom is -0.396 e. The summed E-state index contributed by atoms with van der Waals surface area (Å²) in [7, 11) is 0. The quantitative estimate of drug-likeness (QED) is 0.605. The zero-order chi connectivity index (χ0) is 13.9. The summed E-state index contributed by atoms with van der Waals surface area (Å²) in [5, 5.41) is 14.0. The van der Waals surface area contributed by atoms with Crippen molar-refractivity contribution in [1.82, 2.24) is 10.6 Å². The zero-order valence-electron chi connectivity index (χ0n) is 10.9. The number of rotatable bonds is 8. The van der Waals surface area contributed by atoms with E-state index in [-0.39, 0.29) is 18.4 Å². The lowest BCUT2D eigenvalue weighted by molar-refractivity contribution is -0.121. The van der Waals surface area contributed by atoms with Crippen LogP contribution in [0.5, 0.6) is 0 Å². The fourth-order valence-electron chi connectivity index (χ4n) is 1.54. The summed E-state index contributed by atoms with van der Waals surface area (Å²) in [5.41, 5.74) is 0.620. The highest BCUT2D eigenvalue weighted by molar-refractivity contribution is 5.94. The fraction of sp³-hybridized carbons (Fsp3) is 0.429. The third-order valence-electron chi connectivity index (χ3n) is 2.56. The maximum atomic E-state index is 11.7. The molecule has 0 heterocycles. The van der Waals surface area contributed by atoms with Gasteiger partial charge in [0.2, 0.25) is 5.91 Å². The van der Waals surface area contributed by atoms with E-state index in [1.54, 1.807) is 12.1 Å². The number of aliphatic hydroxyl groups is 1. The van der Waals surface area contributed by atoms with Crippen LogP contribution in [0.15, 0.2) is 30.3 Å². The Balaban J connectivity index is 2.11. The van der Waals surface area contributed by atoms with Crippen LogP contribution < -0.4 is 10.6 Å². The minimum atomic E-state index is -0.124. The molecule has 2 amide bonds. The normalized spacial score (nSPS) is 9.95. The lowest BCUT2D eigenvalue weighted by atomic mass is 10.2. The van der Waals surface area contributed by atoms with E-state index in [4.69, 9.17) is 5.11 Å². The Kier molecular flexibility index (Phi) is 7.27. The van der Waals surface area contributed by atoms with Gasteiger partial charge in [0.05, 0.1) is 0 Å². The second-order valence-electron chi connectivity index (χ2n) is 4.15. The predicted octanol–water partition coefficient (Wildman–Crippen LogP) is 0.695. The monoisotopic (exact) mass is 264 g/mol. The van der Waals surface area contributed by atoms with Crippen LogP contribution >= 0.6 is 0 Å². The van der Waals surface area contributed by atoms with E-state index in [9.17, 15) is 9.59 Å². The summed E-state index contributed by atoms with van der Waals surface area (Å²) in [4.78, 5) is 23.0. The van der Waals surface area contributed by atoms with Gasteiger partial charge in [-0.1, -0.05) is 18.2 Å². The first kappa shape index (κ1) is 15.2. The third kappa shape index (κ3) is 6.57. The molecular formula is C14H20N2O3. The smallest absolute Gasteiger partial charge is 0.251 e. The van der Waals surface area contributed by atoms with Gasteiger partial charge in [-0.25, -0.2) is 0 Å². The SMILES string of the molecule is O=C(CCCNC(=O)c1ccccc1)NCCCO. The number of aliphatic hydroxyl groups excluding tert-OH is 1. The number of nitrogens with one attached hydrogen (secondary N) is 2. The van der Waals surface area contributed by atoms with Crippen molar-refractivity contribution in [2.75, 3.05) is 19.7 Å². The number of carbonyl (C=O) groups excluding carboxylic acids is 2. The summed E-state index contributed by atoms with van der Waals surface area (Å²) >= 11 is 0. The van der Waals surface area contributed by atoms with E-state index < -0.39 is 0 Å². The molecule has 3 N–H and O–H groups in total. The molecule has 0 aromatic heterocycles. The molecule has 19 heavy (non-hydrogen) atoms. The molecule has 5 nitrogen and oxygen atoms in total. The van der Waals surface area contributed by atoms with Gasteiger partial charge in [-0.15, -0.1) is 0 Å². The number of hydrogen-bond acceptors (Lipinski definition) is 3. The molecule has 0 radical (unpaired) electrons. The van der Waals surface area contributed by atoms with E-state index >= 15 is 0 Å². The van der Waals surface area contributed by atoms with Crippen molar-refractivity contribution >= 4 is 11.8 Å². The fourth-order valence-corrected chi connectivity index (χ4v) is 1.54. The maximum Gasteiger partial charge on any atom is 0.251 e. The van der Waals surface area contributed by atoms with Gasteiger partial charge >= 0.3 is 0 Å². The van der Waals surface area contributed by atoms with Crippen molar-refractivity contribution in [3.63, 3.8) is 0 Å². The second kappa shape index (κ2) is 9.10. The Hall–Kier alpha value is -1.88. The maximum absolute atomic E-state index is 11.7. The molecule has 0 bridgehead atoms. The molecule has 104 valence electrons. The highest BCUT2D eigenvalue weighted by atomic mass is 16.3. The van der Waals surface area contributed by atoms with Crippen LogP contribution in [0.4, 0.5) is 0 Å². The topological polar surface area (TPSA) is 78.4 Å². The number of carbonyl (C=O) groups is 2. The molecule has 0 atom stereocenters. The first-order chi connectivity index (χ1) is 9.24. The average Bonchev–Trinajstić information content (AvgIpc) is 2.44. The van der Waals surface area contributed by atoms with Crippen molar-refractivity contribution in [2.45, 2.75) is 19.3 Å². The predicted molar refractivity (Wildman–Crippen MR) is 72.7 cm³/mol. The van der Waals surface area contributed by atoms with Gasteiger partial charge in [0.15, 0.2) is 0 Å². The van der Waals surface area contributed by atoms with Crippen molar-refractivity contribution in [3.8, 4) is 0 Å². The summed E-state index contributed by atoms with van der Waals surface area (Å²) in [6, 6.07) is 8.97. The molecule has 5 heteroatoms. The average molecular weight is 264 g/mol. The Labute approximate surface area is 113 Å². The standard InChI is InChI=1S/C14H20N2O3/c17-11-5-10-15-13(18)8-4-9-16-14(19)12-6-2-1-3-7-12/h1-3,6-7,17H,4-5,8-11H2,(H,15,18)(H,16,19). The third-order valence-corrected chi connectivity index (χ3v) is 2.56. The first-order valence-corrected chi connectivity index (χ1v) is 6.45. The van der Waals surface area contributed by atoms with E-state index in [0.29, 0.717) is 37.9 Å². The van der Waals surface area contributed by atoms with Crippen molar-refractivity contribution in [3.05, 3.63) is 35.9 Å². The van der Waals surface area contributed by atoms with Gasteiger partial charge in [0, 0.05) is 31.7 Å². The van der Waals surface area contributed by atoms with Crippen LogP contribution in [-0.4, -0.2) is 36.6 Å². The van der Waals surface area contributed by atoms with Gasteiger partial charge in [-0.2, -0.15) is 0 Å². The van der Waals surface area contributed by atoms with Crippen LogP contribution in [0, 0.1) is 0 Å².